The van der Waals surface area contributed by atoms with E-state index in [1.807, 2.05) is 12.1 Å². The Morgan fingerprint density at radius 3 is 2.46 bits per heavy atom. The monoisotopic (exact) mass is 215 g/mol. The van der Waals surface area contributed by atoms with E-state index in [1.165, 1.54) is 0 Å². The smallest absolute Gasteiger partial charge is 0.0951 e. The summed E-state index contributed by atoms with van der Waals surface area (Å²) in [4.78, 5) is 4.96. The Kier molecular flexibility index (Phi) is 2.44. The minimum Gasteiger partial charge on any atom is -0.272 e. The van der Waals surface area contributed by atoms with Crippen LogP contribution in [0.2, 0.25) is 10.0 Å². The molecule has 0 saturated heterocycles. The van der Waals surface area contributed by atoms with Gasteiger partial charge in [0.2, 0.25) is 0 Å². The lowest BCUT2D eigenvalue weighted by molar-refractivity contribution is 0.121. The molecular weight excluding hydrogens is 209 g/mol. The fourth-order valence-electron chi connectivity index (χ4n) is 1.19. The van der Waals surface area contributed by atoms with E-state index in [4.69, 9.17) is 28.0 Å². The van der Waals surface area contributed by atoms with Crippen molar-refractivity contribution >= 4 is 28.9 Å². The molecule has 0 unspecified atom stereocenters. The van der Waals surface area contributed by atoms with Crippen molar-refractivity contribution in [3.8, 4) is 0 Å². The number of hydrogen-bond donors (Lipinski definition) is 1. The summed E-state index contributed by atoms with van der Waals surface area (Å²) in [5.74, 6) is 0. The van der Waals surface area contributed by atoms with Crippen LogP contribution in [0.4, 0.5) is 0 Å². The van der Waals surface area contributed by atoms with E-state index in [0.717, 1.165) is 11.3 Å². The summed E-state index contributed by atoms with van der Waals surface area (Å²) < 4.78 is 0. The first-order valence-electron chi connectivity index (χ1n) is 3.81. The summed E-state index contributed by atoms with van der Waals surface area (Å²) >= 11 is 12.0. The molecule has 0 bridgehead atoms. The summed E-state index contributed by atoms with van der Waals surface area (Å²) in [5, 5.41) is 1.24. The van der Waals surface area contributed by atoms with Crippen molar-refractivity contribution in [3.63, 3.8) is 0 Å². The molecule has 68 valence electrons. The van der Waals surface area contributed by atoms with E-state index < -0.39 is 0 Å². The topological polar surface area (TPSA) is 21.3 Å². The van der Waals surface area contributed by atoms with Gasteiger partial charge in [-0.2, -0.15) is 0 Å². The van der Waals surface area contributed by atoms with Crippen molar-refractivity contribution in [1.29, 1.82) is 0 Å². The van der Waals surface area contributed by atoms with E-state index in [1.54, 1.807) is 12.1 Å². The van der Waals surface area contributed by atoms with Gasteiger partial charge >= 0.3 is 0 Å². The van der Waals surface area contributed by atoms with Crippen LogP contribution in [0.25, 0.3) is 5.70 Å². The molecule has 0 atom stereocenters. The lowest BCUT2D eigenvalue weighted by Gasteiger charge is -2.07. The lowest BCUT2D eigenvalue weighted by Crippen LogP contribution is -2.05. The molecular formula is C9H7Cl2NO. The second-order valence-corrected chi connectivity index (χ2v) is 3.44. The molecule has 0 aromatic heterocycles. The molecule has 4 heteroatoms. The van der Waals surface area contributed by atoms with E-state index in [2.05, 4.69) is 5.48 Å². The molecule has 13 heavy (non-hydrogen) atoms. The van der Waals surface area contributed by atoms with Gasteiger partial charge in [-0.25, -0.2) is 0 Å². The number of halogens is 2. The molecule has 2 nitrogen and oxygen atoms in total. The Morgan fingerprint density at radius 1 is 1.23 bits per heavy atom. The van der Waals surface area contributed by atoms with Gasteiger partial charge in [-0.3, -0.25) is 10.3 Å². The predicted molar refractivity (Wildman–Crippen MR) is 53.5 cm³/mol. The van der Waals surface area contributed by atoms with E-state index in [9.17, 15) is 0 Å². The van der Waals surface area contributed by atoms with Crippen LogP contribution >= 0.6 is 23.2 Å². The SMILES string of the molecule is Clc1cccc(Cl)c1C1=CCON1. The van der Waals surface area contributed by atoms with Crippen LogP contribution in [0.1, 0.15) is 5.56 Å². The first-order chi connectivity index (χ1) is 6.29. The molecule has 0 radical (unpaired) electrons. The van der Waals surface area contributed by atoms with Crippen LogP contribution < -0.4 is 5.48 Å². The highest BCUT2D eigenvalue weighted by molar-refractivity contribution is 6.37. The van der Waals surface area contributed by atoms with Crippen LogP contribution in [0.3, 0.4) is 0 Å². The van der Waals surface area contributed by atoms with Crippen molar-refractivity contribution in [1.82, 2.24) is 5.48 Å². The van der Waals surface area contributed by atoms with Gasteiger partial charge in [0.25, 0.3) is 0 Å². The van der Waals surface area contributed by atoms with E-state index in [0.29, 0.717) is 16.7 Å². The second kappa shape index (κ2) is 3.58. The van der Waals surface area contributed by atoms with Gasteiger partial charge in [-0.15, -0.1) is 0 Å². The second-order valence-electron chi connectivity index (χ2n) is 2.63. The maximum Gasteiger partial charge on any atom is 0.0951 e. The van der Waals surface area contributed by atoms with Crippen LogP contribution in [0, 0.1) is 0 Å². The highest BCUT2D eigenvalue weighted by atomic mass is 35.5. The first-order valence-corrected chi connectivity index (χ1v) is 4.57. The third-order valence-corrected chi connectivity index (χ3v) is 2.41. The zero-order valence-corrected chi connectivity index (χ0v) is 8.19. The third kappa shape index (κ3) is 1.66. The number of hydroxylamine groups is 1. The van der Waals surface area contributed by atoms with Crippen molar-refractivity contribution in [2.24, 2.45) is 0 Å². The van der Waals surface area contributed by atoms with Gasteiger partial charge in [-0.1, -0.05) is 29.3 Å². The highest BCUT2D eigenvalue weighted by Crippen LogP contribution is 2.30. The highest BCUT2D eigenvalue weighted by Gasteiger charge is 2.13. The molecule has 0 saturated carbocycles. The quantitative estimate of drug-likeness (QED) is 0.779. The zero-order valence-electron chi connectivity index (χ0n) is 6.68. The number of hydrogen-bond acceptors (Lipinski definition) is 2. The summed E-state index contributed by atoms with van der Waals surface area (Å²) in [7, 11) is 0. The molecule has 1 aliphatic rings. The summed E-state index contributed by atoms with van der Waals surface area (Å²) in [5.41, 5.74) is 4.37. The normalized spacial score (nSPS) is 15.4. The summed E-state index contributed by atoms with van der Waals surface area (Å²) in [6, 6.07) is 5.40. The molecule has 0 aliphatic carbocycles. The molecule has 1 N–H and O–H groups in total. The van der Waals surface area contributed by atoms with Gasteiger partial charge in [-0.05, 0) is 18.2 Å². The minimum absolute atomic E-state index is 0.539. The van der Waals surface area contributed by atoms with Crippen LogP contribution in [0.5, 0.6) is 0 Å². The van der Waals surface area contributed by atoms with Gasteiger partial charge in [0.15, 0.2) is 0 Å². The number of benzene rings is 1. The summed E-state index contributed by atoms with van der Waals surface area (Å²) in [6.45, 7) is 0.539. The Balaban J connectivity index is 2.49. The predicted octanol–water partition coefficient (Wildman–Crippen LogP) is 2.87. The van der Waals surface area contributed by atoms with Crippen molar-refractivity contribution in [2.45, 2.75) is 0 Å². The molecule has 1 heterocycles. The average molecular weight is 216 g/mol. The van der Waals surface area contributed by atoms with Gasteiger partial charge in [0, 0.05) is 5.56 Å². The molecule has 0 spiro atoms. The molecule has 1 aliphatic heterocycles. The van der Waals surface area contributed by atoms with Crippen molar-refractivity contribution in [3.05, 3.63) is 39.9 Å². The Bertz CT molecular complexity index is 342. The maximum atomic E-state index is 5.99. The van der Waals surface area contributed by atoms with Crippen molar-refractivity contribution in [2.75, 3.05) is 6.61 Å². The average Bonchev–Trinajstić information content (AvgIpc) is 2.57. The van der Waals surface area contributed by atoms with Gasteiger partial charge in [0.1, 0.15) is 0 Å². The zero-order chi connectivity index (χ0) is 9.26. The lowest BCUT2D eigenvalue weighted by atomic mass is 10.1. The van der Waals surface area contributed by atoms with Crippen LogP contribution in [-0.2, 0) is 4.84 Å². The minimum atomic E-state index is 0.539. The molecule has 1 aromatic carbocycles. The maximum absolute atomic E-state index is 5.99. The van der Waals surface area contributed by atoms with Crippen LogP contribution in [-0.4, -0.2) is 6.61 Å². The van der Waals surface area contributed by atoms with E-state index >= 15 is 0 Å². The van der Waals surface area contributed by atoms with Gasteiger partial charge < -0.3 is 0 Å². The molecule has 1 aromatic rings. The Labute approximate surface area is 86.1 Å². The number of rotatable bonds is 1. The Hall–Kier alpha value is -0.700. The van der Waals surface area contributed by atoms with Gasteiger partial charge in [0.05, 0.1) is 22.3 Å². The Morgan fingerprint density at radius 2 is 1.92 bits per heavy atom. The van der Waals surface area contributed by atoms with E-state index in [-0.39, 0.29) is 0 Å². The van der Waals surface area contributed by atoms with Crippen LogP contribution in [0.15, 0.2) is 24.3 Å². The number of nitrogens with one attached hydrogen (secondary N) is 1. The standard InChI is InChI=1S/C9H7Cl2NO/c10-6-2-1-3-7(11)9(6)8-4-5-13-12-8/h1-4,12H,5H2. The van der Waals surface area contributed by atoms with Crippen molar-refractivity contribution < 1.29 is 4.84 Å². The third-order valence-electron chi connectivity index (χ3n) is 1.79. The molecule has 0 amide bonds. The molecule has 0 fully saturated rings. The largest absolute Gasteiger partial charge is 0.272 e. The fraction of sp³-hybridized carbons (Fsp3) is 0.111. The first kappa shape index (κ1) is 8.88. The molecule has 2 rings (SSSR count). The fourth-order valence-corrected chi connectivity index (χ4v) is 1.80. The summed E-state index contributed by atoms with van der Waals surface area (Å²) in [6.07, 6.45) is 1.90.